The molecule has 0 aliphatic rings. The Morgan fingerprint density at radius 3 is 2.70 bits per heavy atom. The van der Waals surface area contributed by atoms with Crippen LogP contribution in [0.2, 0.25) is 0 Å². The van der Waals surface area contributed by atoms with E-state index in [1.165, 1.54) is 10.9 Å². The Hall–Kier alpha value is -2.49. The summed E-state index contributed by atoms with van der Waals surface area (Å²) in [7, 11) is 0. The van der Waals surface area contributed by atoms with Crippen LogP contribution in [0.4, 0.5) is 0 Å². The zero-order valence-corrected chi connectivity index (χ0v) is 11.4. The largest absolute Gasteiger partial charge is 0.475 e. The number of hydrogen-bond donors (Lipinski definition) is 1. The molecule has 3 rings (SSSR count). The number of aromatic carboxylic acids is 1. The van der Waals surface area contributed by atoms with Gasteiger partial charge >= 0.3 is 5.97 Å². The molecule has 0 bridgehead atoms. The number of carboxylic acids is 1. The number of rotatable bonds is 3. The van der Waals surface area contributed by atoms with Gasteiger partial charge in [-0.2, -0.15) is 0 Å². The number of para-hydroxylation sites is 1. The molecule has 0 saturated carbocycles. The molecule has 20 heavy (non-hydrogen) atoms. The maximum atomic E-state index is 11.0. The number of aromatic nitrogens is 1. The van der Waals surface area contributed by atoms with E-state index in [4.69, 9.17) is 9.52 Å². The van der Waals surface area contributed by atoms with E-state index < -0.39 is 5.97 Å². The van der Waals surface area contributed by atoms with Crippen LogP contribution in [0.15, 0.2) is 40.9 Å². The summed E-state index contributed by atoms with van der Waals surface area (Å²) in [5, 5.41) is 10.2. The zero-order chi connectivity index (χ0) is 14.3. The van der Waals surface area contributed by atoms with Crippen LogP contribution in [0.25, 0.3) is 10.9 Å². The number of nitrogens with zero attached hydrogens (tertiary/aromatic N) is 1. The summed E-state index contributed by atoms with van der Waals surface area (Å²) in [5.41, 5.74) is 2.97. The lowest BCUT2D eigenvalue weighted by Gasteiger charge is -2.02. The fourth-order valence-corrected chi connectivity index (χ4v) is 2.57. The number of furan rings is 1. The molecule has 0 amide bonds. The van der Waals surface area contributed by atoms with Crippen LogP contribution >= 0.6 is 0 Å². The molecule has 0 unspecified atom stereocenters. The SMILES string of the molecule is Cc1cc(Cn2cc(C)c3ccccc32)oc1C(=O)O. The molecule has 0 spiro atoms. The average molecular weight is 269 g/mol. The first-order chi connectivity index (χ1) is 9.56. The van der Waals surface area contributed by atoms with E-state index in [9.17, 15) is 4.79 Å². The van der Waals surface area contributed by atoms with Crippen molar-refractivity contribution in [2.24, 2.45) is 0 Å². The topological polar surface area (TPSA) is 55.4 Å². The maximum Gasteiger partial charge on any atom is 0.372 e. The lowest BCUT2D eigenvalue weighted by atomic mass is 10.2. The van der Waals surface area contributed by atoms with E-state index in [0.717, 1.165) is 5.52 Å². The van der Waals surface area contributed by atoms with Crippen LogP contribution in [0.3, 0.4) is 0 Å². The number of aryl methyl sites for hydroxylation is 2. The van der Waals surface area contributed by atoms with Crippen molar-refractivity contribution >= 4 is 16.9 Å². The molecule has 0 saturated heterocycles. The predicted octanol–water partition coefficient (Wildman–Crippen LogP) is 3.60. The Kier molecular flexibility index (Phi) is 2.86. The smallest absolute Gasteiger partial charge is 0.372 e. The fourth-order valence-electron chi connectivity index (χ4n) is 2.57. The van der Waals surface area contributed by atoms with Gasteiger partial charge in [-0.15, -0.1) is 0 Å². The molecule has 4 nitrogen and oxygen atoms in total. The third-order valence-electron chi connectivity index (χ3n) is 3.48. The van der Waals surface area contributed by atoms with Crippen molar-refractivity contribution in [2.75, 3.05) is 0 Å². The van der Waals surface area contributed by atoms with Gasteiger partial charge in [-0.25, -0.2) is 4.79 Å². The molecule has 0 fully saturated rings. The second-order valence-electron chi connectivity index (χ2n) is 4.99. The maximum absolute atomic E-state index is 11.0. The molecule has 102 valence electrons. The monoisotopic (exact) mass is 269 g/mol. The number of carboxylic acid groups (broad SMARTS) is 1. The molecule has 0 atom stereocenters. The van der Waals surface area contributed by atoms with Gasteiger partial charge in [-0.05, 0) is 31.5 Å². The summed E-state index contributed by atoms with van der Waals surface area (Å²) in [5.74, 6) is -0.351. The quantitative estimate of drug-likeness (QED) is 0.790. The molecule has 0 aliphatic carbocycles. The van der Waals surface area contributed by atoms with E-state index in [0.29, 0.717) is 17.9 Å². The summed E-state index contributed by atoms with van der Waals surface area (Å²) in [6, 6.07) is 9.93. The molecule has 4 heteroatoms. The van der Waals surface area contributed by atoms with Gasteiger partial charge in [-0.3, -0.25) is 0 Å². The molecular weight excluding hydrogens is 254 g/mol. The Morgan fingerprint density at radius 1 is 1.25 bits per heavy atom. The molecule has 2 aromatic heterocycles. The van der Waals surface area contributed by atoms with Crippen molar-refractivity contribution in [1.29, 1.82) is 0 Å². The Bertz CT molecular complexity index is 795. The van der Waals surface area contributed by atoms with Gasteiger partial charge in [-0.1, -0.05) is 18.2 Å². The minimum atomic E-state index is -1.03. The van der Waals surface area contributed by atoms with Crippen molar-refractivity contribution < 1.29 is 14.3 Å². The van der Waals surface area contributed by atoms with Crippen LogP contribution < -0.4 is 0 Å². The Balaban J connectivity index is 2.01. The second kappa shape index (κ2) is 4.56. The first-order valence-corrected chi connectivity index (χ1v) is 6.43. The van der Waals surface area contributed by atoms with E-state index in [2.05, 4.69) is 29.8 Å². The van der Waals surface area contributed by atoms with Crippen molar-refractivity contribution in [2.45, 2.75) is 20.4 Å². The molecule has 2 heterocycles. The number of carbonyl (C=O) groups is 1. The van der Waals surface area contributed by atoms with Gasteiger partial charge in [0.2, 0.25) is 5.76 Å². The van der Waals surface area contributed by atoms with Gasteiger partial charge in [0.05, 0.1) is 6.54 Å². The molecule has 3 aromatic rings. The van der Waals surface area contributed by atoms with Gasteiger partial charge in [0, 0.05) is 22.7 Å². The minimum absolute atomic E-state index is 0.0215. The van der Waals surface area contributed by atoms with Crippen LogP contribution in [0.5, 0.6) is 0 Å². The highest BCUT2D eigenvalue weighted by atomic mass is 16.4. The van der Waals surface area contributed by atoms with Gasteiger partial charge < -0.3 is 14.1 Å². The summed E-state index contributed by atoms with van der Waals surface area (Å²) >= 11 is 0. The molecule has 0 aliphatic heterocycles. The third kappa shape index (κ3) is 1.99. The highest BCUT2D eigenvalue weighted by molar-refractivity contribution is 5.86. The van der Waals surface area contributed by atoms with Crippen molar-refractivity contribution in [3.8, 4) is 0 Å². The van der Waals surface area contributed by atoms with E-state index >= 15 is 0 Å². The Morgan fingerprint density at radius 2 is 2.00 bits per heavy atom. The highest BCUT2D eigenvalue weighted by Gasteiger charge is 2.15. The number of fused-ring (bicyclic) bond motifs is 1. The Labute approximate surface area is 116 Å². The van der Waals surface area contributed by atoms with Crippen molar-refractivity contribution in [1.82, 2.24) is 4.57 Å². The van der Waals surface area contributed by atoms with Crippen molar-refractivity contribution in [3.05, 3.63) is 59.2 Å². The van der Waals surface area contributed by atoms with Gasteiger partial charge in [0.1, 0.15) is 5.76 Å². The summed E-state index contributed by atoms with van der Waals surface area (Å²) in [4.78, 5) is 11.0. The normalized spacial score (nSPS) is 11.1. The van der Waals surface area contributed by atoms with Gasteiger partial charge in [0.25, 0.3) is 0 Å². The molecular formula is C16H15NO3. The molecule has 1 N–H and O–H groups in total. The third-order valence-corrected chi connectivity index (χ3v) is 3.48. The standard InChI is InChI=1S/C16H15NO3/c1-10-7-12(20-15(10)16(18)19)9-17-8-11(2)13-5-3-4-6-14(13)17/h3-8H,9H2,1-2H3,(H,18,19). The minimum Gasteiger partial charge on any atom is -0.475 e. The van der Waals surface area contributed by atoms with Crippen molar-refractivity contribution in [3.63, 3.8) is 0 Å². The molecule has 0 radical (unpaired) electrons. The average Bonchev–Trinajstić information content (AvgIpc) is 2.92. The second-order valence-corrected chi connectivity index (χ2v) is 4.99. The fraction of sp³-hybridized carbons (Fsp3) is 0.188. The van der Waals surface area contributed by atoms with Crippen LogP contribution in [0.1, 0.15) is 27.4 Å². The lowest BCUT2D eigenvalue weighted by molar-refractivity contribution is 0.0659. The van der Waals surface area contributed by atoms with E-state index in [-0.39, 0.29) is 5.76 Å². The number of benzene rings is 1. The van der Waals surface area contributed by atoms with E-state index in [1.54, 1.807) is 13.0 Å². The summed E-state index contributed by atoms with van der Waals surface area (Å²) < 4.78 is 7.50. The van der Waals surface area contributed by atoms with Crippen LogP contribution in [-0.2, 0) is 6.54 Å². The van der Waals surface area contributed by atoms with Crippen LogP contribution in [-0.4, -0.2) is 15.6 Å². The summed E-state index contributed by atoms with van der Waals surface area (Å²) in [6.07, 6.45) is 2.06. The van der Waals surface area contributed by atoms with E-state index in [1.807, 2.05) is 12.1 Å². The molecule has 1 aromatic carbocycles. The zero-order valence-electron chi connectivity index (χ0n) is 11.4. The van der Waals surface area contributed by atoms with Crippen LogP contribution in [0, 0.1) is 13.8 Å². The lowest BCUT2D eigenvalue weighted by Crippen LogP contribution is -1.97. The first kappa shape index (κ1) is 12.5. The summed E-state index contributed by atoms with van der Waals surface area (Å²) in [6.45, 7) is 4.34. The highest BCUT2D eigenvalue weighted by Crippen LogP contribution is 2.23. The first-order valence-electron chi connectivity index (χ1n) is 6.43. The number of hydrogen-bond acceptors (Lipinski definition) is 2. The predicted molar refractivity (Wildman–Crippen MR) is 76.2 cm³/mol. The van der Waals surface area contributed by atoms with Gasteiger partial charge in [0.15, 0.2) is 0 Å².